The quantitative estimate of drug-likeness (QED) is 0.445. The highest BCUT2D eigenvalue weighted by Crippen LogP contribution is 2.14. The summed E-state index contributed by atoms with van der Waals surface area (Å²) < 4.78 is 0. The number of carboxylic acid groups (broad SMARTS) is 1. The van der Waals surface area contributed by atoms with Gasteiger partial charge in [-0.05, 0) is 6.42 Å². The first-order valence-electron chi connectivity index (χ1n) is 3.12. The van der Waals surface area contributed by atoms with Crippen molar-refractivity contribution >= 4 is 37.5 Å². The number of carbonyl (C=O) groups is 2. The molecule has 0 heterocycles. The maximum absolute atomic E-state index is 10.3. The molecule has 0 amide bonds. The molecule has 0 fully saturated rings. The monoisotopic (exact) mass is 194 g/mol. The predicted octanol–water partition coefficient (Wildman–Crippen LogP) is 0.647. The van der Waals surface area contributed by atoms with E-state index in [1.165, 1.54) is 0 Å². The molecule has 0 aliphatic carbocycles. The van der Waals surface area contributed by atoms with Crippen molar-refractivity contribution in [1.29, 1.82) is 0 Å². The lowest BCUT2D eigenvalue weighted by Crippen LogP contribution is -2.24. The summed E-state index contributed by atoms with van der Waals surface area (Å²) in [5.41, 5.74) is 0. The Morgan fingerprint density at radius 2 is 2.09 bits per heavy atom. The number of rotatable bonds is 5. The maximum Gasteiger partial charge on any atom is 0.317 e. The highest BCUT2D eigenvalue weighted by Gasteiger charge is 2.20. The second-order valence-electron chi connectivity index (χ2n) is 2.09. The second-order valence-corrected chi connectivity index (χ2v) is 3.31. The van der Waals surface area contributed by atoms with E-state index in [0.29, 0.717) is 12.8 Å². The molecule has 0 bridgehead atoms. The molecule has 0 saturated carbocycles. The van der Waals surface area contributed by atoms with Crippen molar-refractivity contribution in [3.8, 4) is 0 Å². The molecule has 2 atom stereocenters. The van der Waals surface area contributed by atoms with E-state index in [9.17, 15) is 9.59 Å². The molecule has 0 aliphatic heterocycles. The van der Waals surface area contributed by atoms with Gasteiger partial charge in [0.05, 0.1) is 0 Å². The molecular weight excluding hydrogens is 184 g/mol. The second kappa shape index (κ2) is 5.49. The first-order valence-corrected chi connectivity index (χ1v) is 4.15. The minimum atomic E-state index is -1.00. The van der Waals surface area contributed by atoms with Gasteiger partial charge >= 0.3 is 5.97 Å². The number of carboxylic acids is 1. The van der Waals surface area contributed by atoms with Gasteiger partial charge in [-0.3, -0.25) is 4.79 Å². The largest absolute Gasteiger partial charge is 0.480 e. The Morgan fingerprint density at radius 1 is 1.55 bits per heavy atom. The average molecular weight is 194 g/mol. The summed E-state index contributed by atoms with van der Waals surface area (Å²) in [6, 6.07) is 0. The normalized spacial score (nSPS) is 15.5. The van der Waals surface area contributed by atoms with E-state index in [1.54, 1.807) is 0 Å². The van der Waals surface area contributed by atoms with Gasteiger partial charge in [0.15, 0.2) is 0 Å². The van der Waals surface area contributed by atoms with E-state index in [1.807, 2.05) is 0 Å². The van der Waals surface area contributed by atoms with Gasteiger partial charge in [-0.25, -0.2) is 0 Å². The van der Waals surface area contributed by atoms with Gasteiger partial charge in [-0.1, -0.05) is 0 Å². The van der Waals surface area contributed by atoms with E-state index < -0.39 is 11.2 Å². The molecular formula is C6H10O3S2. The zero-order chi connectivity index (χ0) is 8.85. The molecule has 0 spiro atoms. The van der Waals surface area contributed by atoms with Crippen molar-refractivity contribution in [3.05, 3.63) is 0 Å². The summed E-state index contributed by atoms with van der Waals surface area (Å²) in [6.45, 7) is 0. The van der Waals surface area contributed by atoms with Crippen molar-refractivity contribution in [2.24, 2.45) is 0 Å². The fraction of sp³-hybridized carbons (Fsp3) is 0.667. The van der Waals surface area contributed by atoms with Crippen molar-refractivity contribution in [2.45, 2.75) is 23.3 Å². The third-order valence-corrected chi connectivity index (χ3v) is 2.57. The Hall–Kier alpha value is -0.160. The Labute approximate surface area is 76.0 Å². The van der Waals surface area contributed by atoms with Crippen LogP contribution in [0.2, 0.25) is 0 Å². The van der Waals surface area contributed by atoms with Crippen LogP contribution in [-0.4, -0.2) is 27.9 Å². The molecule has 5 heteroatoms. The molecule has 0 radical (unpaired) electrons. The lowest BCUT2D eigenvalue weighted by atomic mass is 10.2. The summed E-state index contributed by atoms with van der Waals surface area (Å²) in [6.07, 6.45) is 1.52. The summed E-state index contributed by atoms with van der Waals surface area (Å²) in [4.78, 5) is 20.2. The van der Waals surface area contributed by atoms with E-state index in [-0.39, 0.29) is 5.25 Å². The van der Waals surface area contributed by atoms with Crippen molar-refractivity contribution in [2.75, 3.05) is 0 Å². The predicted molar refractivity (Wildman–Crippen MR) is 48.5 cm³/mol. The van der Waals surface area contributed by atoms with E-state index in [4.69, 9.17) is 5.11 Å². The smallest absolute Gasteiger partial charge is 0.317 e. The minimum Gasteiger partial charge on any atom is -0.480 e. The number of aliphatic carboxylic acids is 1. The van der Waals surface area contributed by atoms with Crippen LogP contribution in [0.3, 0.4) is 0 Å². The van der Waals surface area contributed by atoms with Gasteiger partial charge < -0.3 is 9.90 Å². The van der Waals surface area contributed by atoms with Crippen LogP contribution in [0.15, 0.2) is 0 Å². The molecule has 0 rings (SSSR count). The van der Waals surface area contributed by atoms with Crippen LogP contribution in [0.1, 0.15) is 12.8 Å². The molecule has 3 nitrogen and oxygen atoms in total. The third-order valence-electron chi connectivity index (χ3n) is 1.20. The number of hydrogen-bond donors (Lipinski definition) is 3. The molecule has 0 aromatic heterocycles. The fourth-order valence-corrected chi connectivity index (χ4v) is 0.987. The highest BCUT2D eigenvalue weighted by atomic mass is 32.1. The molecule has 0 saturated heterocycles. The zero-order valence-electron chi connectivity index (χ0n) is 5.80. The average Bonchev–Trinajstić information content (AvgIpc) is 1.98. The van der Waals surface area contributed by atoms with Crippen molar-refractivity contribution < 1.29 is 14.7 Å². The Kier molecular flexibility index (Phi) is 5.41. The van der Waals surface area contributed by atoms with Gasteiger partial charge in [0.1, 0.15) is 11.5 Å². The van der Waals surface area contributed by atoms with Gasteiger partial charge in [0.25, 0.3) is 0 Å². The molecule has 0 aromatic rings. The summed E-state index contributed by atoms with van der Waals surface area (Å²) in [5, 5.41) is 7.28. The lowest BCUT2D eigenvalue weighted by Gasteiger charge is -2.11. The van der Waals surface area contributed by atoms with Gasteiger partial charge in [0, 0.05) is 11.7 Å². The van der Waals surface area contributed by atoms with Crippen LogP contribution in [0.4, 0.5) is 0 Å². The van der Waals surface area contributed by atoms with Gasteiger partial charge in [0.2, 0.25) is 0 Å². The number of aldehydes is 1. The Balaban J connectivity index is 3.72. The minimum absolute atomic E-state index is 0.332. The third kappa shape index (κ3) is 4.31. The van der Waals surface area contributed by atoms with Crippen molar-refractivity contribution in [1.82, 2.24) is 0 Å². The first kappa shape index (κ1) is 10.8. The van der Waals surface area contributed by atoms with Gasteiger partial charge in [-0.15, -0.1) is 0 Å². The maximum atomic E-state index is 10.3. The highest BCUT2D eigenvalue weighted by molar-refractivity contribution is 7.85. The topological polar surface area (TPSA) is 54.4 Å². The SMILES string of the molecule is O=CCCC(S)C(S)C(=O)O. The van der Waals surface area contributed by atoms with Crippen LogP contribution < -0.4 is 0 Å². The van der Waals surface area contributed by atoms with Gasteiger partial charge in [-0.2, -0.15) is 25.3 Å². The standard InChI is InChI=1S/C6H10O3S2/c7-3-1-2-4(10)5(11)6(8)9/h3-5,10-11H,1-2H2,(H,8,9). The summed E-state index contributed by atoms with van der Waals surface area (Å²) in [5.74, 6) is -1.00. The van der Waals surface area contributed by atoms with Crippen LogP contribution in [0.25, 0.3) is 0 Å². The van der Waals surface area contributed by atoms with E-state index >= 15 is 0 Å². The molecule has 64 valence electrons. The Bertz CT molecular complexity index is 149. The molecule has 0 aliphatic rings. The summed E-state index contributed by atoms with van der Waals surface area (Å²) in [7, 11) is 0. The Morgan fingerprint density at radius 3 is 2.45 bits per heavy atom. The molecule has 1 N–H and O–H groups in total. The van der Waals surface area contributed by atoms with E-state index in [2.05, 4.69) is 25.3 Å². The van der Waals surface area contributed by atoms with Crippen LogP contribution in [0, 0.1) is 0 Å². The fourth-order valence-electron chi connectivity index (χ4n) is 0.561. The summed E-state index contributed by atoms with van der Waals surface area (Å²) >= 11 is 7.78. The first-order chi connectivity index (χ1) is 5.09. The lowest BCUT2D eigenvalue weighted by molar-refractivity contribution is -0.136. The number of hydrogen-bond acceptors (Lipinski definition) is 4. The van der Waals surface area contributed by atoms with Crippen molar-refractivity contribution in [3.63, 3.8) is 0 Å². The molecule has 11 heavy (non-hydrogen) atoms. The molecule has 0 aromatic carbocycles. The van der Waals surface area contributed by atoms with Crippen LogP contribution in [-0.2, 0) is 9.59 Å². The zero-order valence-corrected chi connectivity index (χ0v) is 7.59. The number of carbonyl (C=O) groups excluding carboxylic acids is 1. The molecule has 2 unspecified atom stereocenters. The van der Waals surface area contributed by atoms with E-state index in [0.717, 1.165) is 6.29 Å². The number of thiol groups is 2. The van der Waals surface area contributed by atoms with Crippen LogP contribution >= 0.6 is 25.3 Å². The van der Waals surface area contributed by atoms with Crippen LogP contribution in [0.5, 0.6) is 0 Å².